The third-order valence-electron chi connectivity index (χ3n) is 6.19. The number of hydrogen-bond acceptors (Lipinski definition) is 8. The summed E-state index contributed by atoms with van der Waals surface area (Å²) in [6.45, 7) is 26.0. The second kappa shape index (κ2) is 26.7. The van der Waals surface area contributed by atoms with Crippen LogP contribution in [-0.2, 0) is 38.1 Å². The Morgan fingerprint density at radius 2 is 1.05 bits per heavy atom. The molecule has 3 unspecified atom stereocenters. The van der Waals surface area contributed by atoms with Crippen LogP contribution in [0.3, 0.4) is 0 Å². The van der Waals surface area contributed by atoms with Gasteiger partial charge in [-0.2, -0.15) is 0 Å². The number of carboxylic acid groups (broad SMARTS) is 1. The molecule has 0 aromatic heterocycles. The number of carbonyl (C=O) groups is 4. The molecule has 0 spiro atoms. The standard InChI is InChI=1S/2C9H18O2.C8H16O3.C6H12O2/c1-6-7(2)8(10)11-9(3,4)5;1-4-6-7-11-9(10)8(3)5-2;1-4-7(2)8(9)11-6-5-10-3;1-4-6(2,3)5(7)8/h7H,6H2,1-5H3;8H,4-7H2,1-3H3;7H,4-6H2,1-3H3;4H2,1-3H3,(H,7,8). The number of carbonyl (C=O) groups excluding carboxylic acids is 3. The van der Waals surface area contributed by atoms with Gasteiger partial charge in [-0.1, -0.05) is 61.8 Å². The average Bonchev–Trinajstić information content (AvgIpc) is 2.91. The van der Waals surface area contributed by atoms with E-state index in [9.17, 15) is 19.2 Å². The highest BCUT2D eigenvalue weighted by molar-refractivity contribution is 5.73. The molecule has 0 radical (unpaired) electrons. The summed E-state index contributed by atoms with van der Waals surface area (Å²) in [5.41, 5.74) is -0.888. The summed E-state index contributed by atoms with van der Waals surface area (Å²) in [5.74, 6) is -0.918. The van der Waals surface area contributed by atoms with E-state index in [0.29, 0.717) is 26.2 Å². The first kappa shape index (κ1) is 45.8. The van der Waals surface area contributed by atoms with Crippen LogP contribution in [0, 0.1) is 23.2 Å². The first-order valence-corrected chi connectivity index (χ1v) is 15.1. The maximum absolute atomic E-state index is 11.2. The lowest BCUT2D eigenvalue weighted by Crippen LogP contribution is -2.27. The van der Waals surface area contributed by atoms with Gasteiger partial charge in [-0.05, 0) is 66.7 Å². The first-order chi connectivity index (χ1) is 18.8. The van der Waals surface area contributed by atoms with Crippen molar-refractivity contribution in [2.45, 2.75) is 134 Å². The lowest BCUT2D eigenvalue weighted by Gasteiger charge is -2.21. The van der Waals surface area contributed by atoms with Gasteiger partial charge in [-0.15, -0.1) is 0 Å². The van der Waals surface area contributed by atoms with Crippen LogP contribution in [0.2, 0.25) is 0 Å². The zero-order valence-corrected chi connectivity index (χ0v) is 28.8. The first-order valence-electron chi connectivity index (χ1n) is 15.1. The second-order valence-corrected chi connectivity index (χ2v) is 11.7. The van der Waals surface area contributed by atoms with Crippen LogP contribution in [0.1, 0.15) is 129 Å². The predicted octanol–water partition coefficient (Wildman–Crippen LogP) is 7.48. The molecule has 0 amide bonds. The van der Waals surface area contributed by atoms with Gasteiger partial charge in [0.25, 0.3) is 0 Å². The van der Waals surface area contributed by atoms with Crippen LogP contribution in [-0.4, -0.2) is 61.5 Å². The number of esters is 3. The van der Waals surface area contributed by atoms with Crippen molar-refractivity contribution in [3.05, 3.63) is 0 Å². The van der Waals surface area contributed by atoms with E-state index in [4.69, 9.17) is 24.1 Å². The molecule has 246 valence electrons. The third kappa shape index (κ3) is 30.6. The molecule has 0 aliphatic heterocycles. The highest BCUT2D eigenvalue weighted by Crippen LogP contribution is 2.18. The van der Waals surface area contributed by atoms with Crippen LogP contribution in [0.4, 0.5) is 0 Å². The van der Waals surface area contributed by atoms with Crippen molar-refractivity contribution in [3.63, 3.8) is 0 Å². The molecule has 0 saturated heterocycles. The van der Waals surface area contributed by atoms with Crippen molar-refractivity contribution < 1.29 is 43.2 Å². The van der Waals surface area contributed by atoms with Gasteiger partial charge in [0.2, 0.25) is 0 Å². The summed E-state index contributed by atoms with van der Waals surface area (Å²) >= 11 is 0. The molecule has 0 heterocycles. The summed E-state index contributed by atoms with van der Waals surface area (Å²) in [6, 6.07) is 0. The Balaban J connectivity index is -0.000000224. The predicted molar refractivity (Wildman–Crippen MR) is 165 cm³/mol. The lowest BCUT2D eigenvalue weighted by atomic mass is 9.91. The van der Waals surface area contributed by atoms with Crippen molar-refractivity contribution >= 4 is 23.9 Å². The van der Waals surface area contributed by atoms with Crippen molar-refractivity contribution in [1.82, 2.24) is 0 Å². The van der Waals surface area contributed by atoms with Gasteiger partial charge in [0.05, 0.1) is 36.4 Å². The van der Waals surface area contributed by atoms with E-state index in [1.54, 1.807) is 21.0 Å². The van der Waals surface area contributed by atoms with E-state index >= 15 is 0 Å². The number of carboxylic acids is 1. The van der Waals surface area contributed by atoms with E-state index in [0.717, 1.165) is 32.1 Å². The summed E-state index contributed by atoms with van der Waals surface area (Å²) in [5, 5.41) is 8.44. The molecular formula is C32H64O9. The smallest absolute Gasteiger partial charge is 0.309 e. The minimum atomic E-state index is -0.722. The quantitative estimate of drug-likeness (QED) is 0.124. The van der Waals surface area contributed by atoms with Gasteiger partial charge in [0.1, 0.15) is 12.2 Å². The number of ether oxygens (including phenoxy) is 4. The fourth-order valence-corrected chi connectivity index (χ4v) is 1.88. The number of rotatable bonds is 14. The van der Waals surface area contributed by atoms with E-state index in [-0.39, 0.29) is 41.3 Å². The molecular weight excluding hydrogens is 528 g/mol. The maximum Gasteiger partial charge on any atom is 0.309 e. The highest BCUT2D eigenvalue weighted by Gasteiger charge is 2.23. The van der Waals surface area contributed by atoms with Crippen LogP contribution >= 0.6 is 0 Å². The molecule has 41 heavy (non-hydrogen) atoms. The minimum absolute atomic E-state index is 0.00635. The van der Waals surface area contributed by atoms with E-state index in [1.165, 1.54) is 0 Å². The molecule has 3 atom stereocenters. The molecule has 9 nitrogen and oxygen atoms in total. The van der Waals surface area contributed by atoms with Gasteiger partial charge in [-0.3, -0.25) is 19.2 Å². The Morgan fingerprint density at radius 1 is 0.659 bits per heavy atom. The van der Waals surface area contributed by atoms with Crippen LogP contribution in [0.5, 0.6) is 0 Å². The summed E-state index contributed by atoms with van der Waals surface area (Å²) < 4.78 is 19.7. The van der Waals surface area contributed by atoms with Crippen LogP contribution in [0.15, 0.2) is 0 Å². The molecule has 0 aromatic rings. The summed E-state index contributed by atoms with van der Waals surface area (Å²) in [7, 11) is 1.58. The third-order valence-corrected chi connectivity index (χ3v) is 6.19. The highest BCUT2D eigenvalue weighted by atomic mass is 16.6. The zero-order valence-electron chi connectivity index (χ0n) is 28.8. The Hall–Kier alpha value is -2.16. The summed E-state index contributed by atoms with van der Waals surface area (Å²) in [6.07, 6.45) is 5.27. The minimum Gasteiger partial charge on any atom is -0.481 e. The Kier molecular flexibility index (Phi) is 29.9. The molecule has 9 heteroatoms. The number of hydrogen-bond donors (Lipinski definition) is 1. The molecule has 0 rings (SSSR count). The fourth-order valence-electron chi connectivity index (χ4n) is 1.88. The van der Waals surface area contributed by atoms with Crippen molar-refractivity contribution in [3.8, 4) is 0 Å². The molecule has 0 saturated carbocycles. The zero-order chi connectivity index (χ0) is 33.2. The molecule has 0 fully saturated rings. The van der Waals surface area contributed by atoms with Gasteiger partial charge in [0, 0.05) is 7.11 Å². The fraction of sp³-hybridized carbons (Fsp3) is 0.875. The van der Waals surface area contributed by atoms with E-state index in [1.807, 2.05) is 69.2 Å². The Morgan fingerprint density at radius 3 is 1.32 bits per heavy atom. The summed E-state index contributed by atoms with van der Waals surface area (Å²) in [4.78, 5) is 43.4. The normalized spacial score (nSPS) is 12.8. The number of unbranched alkanes of at least 4 members (excludes halogenated alkanes) is 1. The van der Waals surface area contributed by atoms with Crippen molar-refractivity contribution in [2.24, 2.45) is 23.2 Å². The molecule has 0 bridgehead atoms. The molecule has 0 aliphatic carbocycles. The van der Waals surface area contributed by atoms with Gasteiger partial charge < -0.3 is 24.1 Å². The maximum atomic E-state index is 11.2. The number of aliphatic carboxylic acids is 1. The molecule has 0 aliphatic rings. The van der Waals surface area contributed by atoms with Gasteiger partial charge in [-0.25, -0.2) is 0 Å². The van der Waals surface area contributed by atoms with Crippen molar-refractivity contribution in [2.75, 3.05) is 26.9 Å². The second-order valence-electron chi connectivity index (χ2n) is 11.7. The van der Waals surface area contributed by atoms with Crippen molar-refractivity contribution in [1.29, 1.82) is 0 Å². The largest absolute Gasteiger partial charge is 0.481 e. The molecule has 0 aromatic carbocycles. The van der Waals surface area contributed by atoms with E-state index in [2.05, 4.69) is 6.92 Å². The van der Waals surface area contributed by atoms with E-state index < -0.39 is 11.4 Å². The number of methoxy groups -OCH3 is 1. The van der Waals surface area contributed by atoms with Gasteiger partial charge >= 0.3 is 23.9 Å². The Labute approximate surface area is 251 Å². The van der Waals surface area contributed by atoms with Gasteiger partial charge in [0.15, 0.2) is 0 Å². The average molecular weight is 593 g/mol. The SMILES string of the molecule is CCC(C)(C)C(=O)O.CCC(C)C(=O)OC(C)(C)C.CCC(C)C(=O)OCCOC.CCCCOC(=O)C(C)CC. The topological polar surface area (TPSA) is 125 Å². The van der Waals surface area contributed by atoms with Crippen LogP contribution < -0.4 is 0 Å². The monoisotopic (exact) mass is 592 g/mol. The Bertz CT molecular complexity index is 653. The lowest BCUT2D eigenvalue weighted by molar-refractivity contribution is -0.159. The van der Waals surface area contributed by atoms with Crippen LogP contribution in [0.25, 0.3) is 0 Å². The molecule has 1 N–H and O–H groups in total.